The van der Waals surface area contributed by atoms with Gasteiger partial charge in [-0.1, -0.05) is 35.3 Å². The second-order valence-corrected chi connectivity index (χ2v) is 16.2. The summed E-state index contributed by atoms with van der Waals surface area (Å²) in [7, 11) is 0. The van der Waals surface area contributed by atoms with Crippen LogP contribution in [-0.4, -0.2) is 98.3 Å². The van der Waals surface area contributed by atoms with Crippen LogP contribution in [0.25, 0.3) is 21.8 Å². The van der Waals surface area contributed by atoms with Crippen LogP contribution in [0.15, 0.2) is 72.8 Å². The highest BCUT2D eigenvalue weighted by molar-refractivity contribution is 6.31. The van der Waals surface area contributed by atoms with E-state index in [0.717, 1.165) is 55.9 Å². The van der Waals surface area contributed by atoms with Crippen molar-refractivity contribution in [2.75, 3.05) is 60.2 Å². The number of rotatable bonds is 10. The van der Waals surface area contributed by atoms with Crippen LogP contribution in [0.5, 0.6) is 23.0 Å². The van der Waals surface area contributed by atoms with Gasteiger partial charge >= 0.3 is 11.9 Å². The summed E-state index contributed by atoms with van der Waals surface area (Å²) in [5, 5.41) is 28.2. The quantitative estimate of drug-likeness (QED) is 0.134. The molecule has 0 saturated carbocycles. The fraction of sp³-hybridized carbons (Fsp3) is 0.318. The molecular formula is C44H48Cl2N8O11. The fourth-order valence-corrected chi connectivity index (χ4v) is 8.20. The molecule has 19 nitrogen and oxygen atoms in total. The number of halogens is 2. The van der Waals surface area contributed by atoms with E-state index in [0.29, 0.717) is 98.5 Å². The van der Waals surface area contributed by atoms with Crippen LogP contribution in [0.2, 0.25) is 10.0 Å². The summed E-state index contributed by atoms with van der Waals surface area (Å²) in [5.41, 5.74) is 3.62. The van der Waals surface area contributed by atoms with Gasteiger partial charge in [0.25, 0.3) is 0 Å². The molecule has 0 bridgehead atoms. The number of anilines is 4. The molecule has 4 aliphatic heterocycles. The van der Waals surface area contributed by atoms with E-state index >= 15 is 0 Å². The van der Waals surface area contributed by atoms with E-state index in [1.165, 1.54) is 0 Å². The second-order valence-electron chi connectivity index (χ2n) is 15.3. The number of nitrogens with one attached hydrogen (secondary N) is 2. The number of carboxylic acids is 2. The summed E-state index contributed by atoms with van der Waals surface area (Å²) >= 11 is 12.5. The van der Waals surface area contributed by atoms with Crippen molar-refractivity contribution in [1.29, 1.82) is 0 Å². The molecule has 10 rings (SSSR count). The lowest BCUT2D eigenvalue weighted by Gasteiger charge is -2.30. The minimum Gasteiger partial charge on any atom is -0.481 e. The Hall–Kier alpha value is -6.64. The van der Waals surface area contributed by atoms with Gasteiger partial charge in [-0.2, -0.15) is 9.97 Å². The van der Waals surface area contributed by atoms with Crippen LogP contribution in [0.3, 0.4) is 0 Å². The van der Waals surface area contributed by atoms with E-state index < -0.39 is 11.9 Å². The highest BCUT2D eigenvalue weighted by Crippen LogP contribution is 2.35. The normalized spacial score (nSPS) is 15.2. The lowest BCUT2D eigenvalue weighted by molar-refractivity contribution is -0.143. The molecule has 6 heterocycles. The van der Waals surface area contributed by atoms with E-state index in [1.54, 1.807) is 12.1 Å². The number of carboxylic acid groups (broad SMARTS) is 2. The Morgan fingerprint density at radius 1 is 0.554 bits per heavy atom. The highest BCUT2D eigenvalue weighted by atomic mass is 35.5. The number of ether oxygens (including phenoxy) is 4. The van der Waals surface area contributed by atoms with Gasteiger partial charge in [0.2, 0.25) is 25.5 Å². The van der Waals surface area contributed by atoms with Gasteiger partial charge in [-0.3, -0.25) is 9.59 Å². The van der Waals surface area contributed by atoms with Gasteiger partial charge in [0.15, 0.2) is 23.0 Å². The summed E-state index contributed by atoms with van der Waals surface area (Å²) in [6.45, 7) is 3.99. The topological polar surface area (TPSA) is 288 Å². The van der Waals surface area contributed by atoms with Crippen molar-refractivity contribution in [1.82, 2.24) is 19.9 Å². The molecule has 0 radical (unpaired) electrons. The molecule has 0 aliphatic carbocycles. The maximum Gasteiger partial charge on any atom is 0.306 e. The van der Waals surface area contributed by atoms with Crippen molar-refractivity contribution in [2.24, 2.45) is 11.8 Å². The predicted octanol–water partition coefficient (Wildman–Crippen LogP) is 5.38. The number of aromatic nitrogens is 4. The molecule has 2 aromatic heterocycles. The molecule has 0 amide bonds. The third-order valence-electron chi connectivity index (χ3n) is 11.3. The summed E-state index contributed by atoms with van der Waals surface area (Å²) < 4.78 is 21.7. The standard InChI is InChI=1S/2C22H21ClN4O4.3H2O/c2*23-15-2-3-17-16(10-15)20(24-11-13-1-4-18-19(9-13)31-12-30-18)26-22(25-17)27-7-5-14(6-8-27)21(28)29;;;/h2*1-4,9-10,14H,5-8,11-12H2,(H,28,29)(H,24,25,26);3*1H2. The van der Waals surface area contributed by atoms with Gasteiger partial charge < -0.3 is 66.0 Å². The molecule has 0 atom stereocenters. The minimum absolute atomic E-state index is 0. The van der Waals surface area contributed by atoms with Crippen molar-refractivity contribution in [3.8, 4) is 23.0 Å². The summed E-state index contributed by atoms with van der Waals surface area (Å²) in [6, 6.07) is 22.7. The summed E-state index contributed by atoms with van der Waals surface area (Å²) in [6.07, 6.45) is 2.32. The number of hydrogen-bond donors (Lipinski definition) is 4. The maximum absolute atomic E-state index is 11.3. The zero-order valence-corrected chi connectivity index (χ0v) is 36.4. The number of benzene rings is 4. The highest BCUT2D eigenvalue weighted by Gasteiger charge is 2.28. The Morgan fingerprint density at radius 3 is 1.32 bits per heavy atom. The molecule has 6 aromatic rings. The van der Waals surface area contributed by atoms with Gasteiger partial charge in [0, 0.05) is 60.1 Å². The zero-order chi connectivity index (χ0) is 42.7. The van der Waals surface area contributed by atoms with E-state index in [-0.39, 0.29) is 41.9 Å². The predicted molar refractivity (Wildman–Crippen MR) is 245 cm³/mol. The first-order valence-electron chi connectivity index (χ1n) is 20.3. The molecule has 2 fully saturated rings. The molecule has 21 heteroatoms. The number of fused-ring (bicyclic) bond motifs is 4. The first kappa shape index (κ1) is 47.8. The zero-order valence-electron chi connectivity index (χ0n) is 34.9. The van der Waals surface area contributed by atoms with Gasteiger partial charge in [-0.05, 0) is 97.5 Å². The van der Waals surface area contributed by atoms with Gasteiger partial charge in [-0.25, -0.2) is 9.97 Å². The first-order chi connectivity index (χ1) is 30.1. The molecule has 4 aromatic carbocycles. The van der Waals surface area contributed by atoms with E-state index in [2.05, 4.69) is 10.6 Å². The summed E-state index contributed by atoms with van der Waals surface area (Å²) in [4.78, 5) is 45.5. The lowest BCUT2D eigenvalue weighted by atomic mass is 9.97. The molecule has 4 aliphatic rings. The molecule has 0 unspecified atom stereocenters. The minimum atomic E-state index is -0.736. The average Bonchev–Trinajstić information content (AvgIpc) is 3.97. The molecule has 65 heavy (non-hydrogen) atoms. The summed E-state index contributed by atoms with van der Waals surface area (Å²) in [5.74, 6) is 3.41. The molecule has 2 saturated heterocycles. The monoisotopic (exact) mass is 934 g/mol. The van der Waals surface area contributed by atoms with Crippen LogP contribution in [0.1, 0.15) is 36.8 Å². The number of aliphatic carboxylic acids is 2. The van der Waals surface area contributed by atoms with Crippen LogP contribution in [-0.2, 0) is 22.7 Å². The molecule has 0 spiro atoms. The van der Waals surface area contributed by atoms with Gasteiger partial charge in [0.05, 0.1) is 22.9 Å². The first-order valence-corrected chi connectivity index (χ1v) is 21.0. The van der Waals surface area contributed by atoms with Crippen molar-refractivity contribution in [3.63, 3.8) is 0 Å². The van der Waals surface area contributed by atoms with E-state index in [4.69, 9.17) is 62.1 Å². The Balaban J connectivity index is 0.000000206. The average molecular weight is 936 g/mol. The third kappa shape index (κ3) is 10.8. The van der Waals surface area contributed by atoms with Gasteiger partial charge in [0.1, 0.15) is 11.6 Å². The van der Waals surface area contributed by atoms with Crippen molar-refractivity contribution in [3.05, 3.63) is 94.0 Å². The van der Waals surface area contributed by atoms with Crippen LogP contribution < -0.4 is 39.4 Å². The molecule has 10 N–H and O–H groups in total. The van der Waals surface area contributed by atoms with Crippen molar-refractivity contribution in [2.45, 2.75) is 38.8 Å². The van der Waals surface area contributed by atoms with Gasteiger partial charge in [-0.15, -0.1) is 0 Å². The van der Waals surface area contributed by atoms with Crippen molar-refractivity contribution < 1.29 is 55.2 Å². The van der Waals surface area contributed by atoms with Crippen LogP contribution in [0.4, 0.5) is 23.5 Å². The number of piperidine rings is 2. The lowest BCUT2D eigenvalue weighted by Crippen LogP contribution is -2.37. The fourth-order valence-electron chi connectivity index (χ4n) is 7.86. The number of hydrogen-bond acceptors (Lipinski definition) is 14. The Labute approximate surface area is 382 Å². The van der Waals surface area contributed by atoms with Crippen LogP contribution in [0, 0.1) is 11.8 Å². The number of nitrogens with zero attached hydrogens (tertiary/aromatic N) is 6. The van der Waals surface area contributed by atoms with E-state index in [9.17, 15) is 19.8 Å². The third-order valence-corrected chi connectivity index (χ3v) is 11.8. The smallest absolute Gasteiger partial charge is 0.306 e. The van der Waals surface area contributed by atoms with E-state index in [1.807, 2.05) is 70.5 Å². The second kappa shape index (κ2) is 20.9. The van der Waals surface area contributed by atoms with Crippen LogP contribution >= 0.6 is 23.2 Å². The molecular weight excluding hydrogens is 887 g/mol. The Morgan fingerprint density at radius 2 is 0.938 bits per heavy atom. The SMILES string of the molecule is O.O.O.O=C(O)C1CCN(c2nc(NCc3ccc4c(c3)OCO4)c3cc(Cl)ccc3n2)CC1.O=C(O)C1CCN(c2nc(NCc3ccc4c(c3)OCO4)c3cc(Cl)ccc3n2)CC1. The number of carbonyl (C=O) groups is 2. The Kier molecular flexibility index (Phi) is 15.4. The maximum atomic E-state index is 11.3. The molecule has 344 valence electrons. The Bertz CT molecular complexity index is 2480. The van der Waals surface area contributed by atoms with Crippen molar-refractivity contribution >= 4 is 80.5 Å². The largest absolute Gasteiger partial charge is 0.481 e.